The zero-order valence-corrected chi connectivity index (χ0v) is 17.8. The molecular formula is C20H13Cl2FN4O3S. The molecule has 4 aromatic rings. The van der Waals surface area contributed by atoms with Crippen LogP contribution in [0.5, 0.6) is 0 Å². The summed E-state index contributed by atoms with van der Waals surface area (Å²) in [4.78, 5) is 19.5. The molecule has 11 heteroatoms. The van der Waals surface area contributed by atoms with Crippen LogP contribution in [0.2, 0.25) is 10.0 Å². The lowest BCUT2D eigenvalue weighted by atomic mass is 10.2. The number of imidazole rings is 1. The third-order valence-corrected chi connectivity index (χ3v) is 6.44. The molecule has 0 aliphatic carbocycles. The van der Waals surface area contributed by atoms with Crippen molar-refractivity contribution < 1.29 is 17.6 Å². The topological polar surface area (TPSA) is 104 Å². The van der Waals surface area contributed by atoms with Gasteiger partial charge in [0.1, 0.15) is 10.7 Å². The highest BCUT2D eigenvalue weighted by molar-refractivity contribution is 7.92. The molecule has 3 aromatic carbocycles. The van der Waals surface area contributed by atoms with Crippen molar-refractivity contribution in [2.45, 2.75) is 4.90 Å². The average molecular weight is 479 g/mol. The van der Waals surface area contributed by atoms with E-state index in [-0.39, 0.29) is 27.2 Å². The standard InChI is InChI=1S/C20H13Cl2FN4O3S/c21-12-10-13(22)18(31(29,30)27-15-6-2-1-5-14(15)23)9-11(12)19(28)26-20-24-16-7-3-4-8-17(16)25-20/h1-10,27H,(H2,24,25,26,28). The molecule has 3 N–H and O–H groups in total. The Bertz CT molecular complexity index is 1390. The van der Waals surface area contributed by atoms with Crippen molar-refractivity contribution in [1.82, 2.24) is 9.97 Å². The molecule has 158 valence electrons. The molecule has 4 rings (SSSR count). The number of fused-ring (bicyclic) bond motifs is 1. The summed E-state index contributed by atoms with van der Waals surface area (Å²) in [5.74, 6) is -1.31. The number of aromatic nitrogens is 2. The van der Waals surface area contributed by atoms with Crippen molar-refractivity contribution in [1.29, 1.82) is 0 Å². The second-order valence-electron chi connectivity index (χ2n) is 6.40. The average Bonchev–Trinajstić information content (AvgIpc) is 3.11. The van der Waals surface area contributed by atoms with E-state index < -0.39 is 26.6 Å². The van der Waals surface area contributed by atoms with Gasteiger partial charge >= 0.3 is 0 Å². The van der Waals surface area contributed by atoms with E-state index in [2.05, 4.69) is 20.0 Å². The van der Waals surface area contributed by atoms with Crippen LogP contribution in [0.15, 0.2) is 65.6 Å². The highest BCUT2D eigenvalue weighted by Crippen LogP contribution is 2.31. The van der Waals surface area contributed by atoms with E-state index in [0.717, 1.165) is 18.2 Å². The fourth-order valence-electron chi connectivity index (χ4n) is 2.84. The van der Waals surface area contributed by atoms with E-state index in [4.69, 9.17) is 23.2 Å². The van der Waals surface area contributed by atoms with E-state index in [0.29, 0.717) is 11.0 Å². The molecule has 7 nitrogen and oxygen atoms in total. The van der Waals surface area contributed by atoms with E-state index in [1.165, 1.54) is 18.2 Å². The van der Waals surface area contributed by atoms with E-state index in [9.17, 15) is 17.6 Å². The van der Waals surface area contributed by atoms with Gasteiger partial charge in [-0.15, -0.1) is 0 Å². The summed E-state index contributed by atoms with van der Waals surface area (Å²) in [5, 5.41) is 2.24. The quantitative estimate of drug-likeness (QED) is 0.372. The Morgan fingerprint density at radius 1 is 1.00 bits per heavy atom. The van der Waals surface area contributed by atoms with Gasteiger partial charge in [0.05, 0.1) is 32.3 Å². The number of benzene rings is 3. The SMILES string of the molecule is O=C(Nc1nc2ccccc2[nH]1)c1cc(S(=O)(=O)Nc2ccccc2F)c(Cl)cc1Cl. The van der Waals surface area contributed by atoms with Gasteiger partial charge in [-0.3, -0.25) is 14.8 Å². The van der Waals surface area contributed by atoms with Gasteiger partial charge in [0.15, 0.2) is 0 Å². The number of nitrogens with zero attached hydrogens (tertiary/aromatic N) is 1. The summed E-state index contributed by atoms with van der Waals surface area (Å²) >= 11 is 12.2. The van der Waals surface area contributed by atoms with E-state index >= 15 is 0 Å². The number of carbonyl (C=O) groups is 1. The number of H-pyrrole nitrogens is 1. The van der Waals surface area contributed by atoms with Gasteiger partial charge in [-0.25, -0.2) is 17.8 Å². The summed E-state index contributed by atoms with van der Waals surface area (Å²) in [7, 11) is -4.32. The second kappa shape index (κ2) is 8.18. The predicted molar refractivity (Wildman–Crippen MR) is 118 cm³/mol. The number of anilines is 2. The summed E-state index contributed by atoms with van der Waals surface area (Å²) in [6.07, 6.45) is 0. The Morgan fingerprint density at radius 3 is 2.45 bits per heavy atom. The Labute approximate surface area is 186 Å². The highest BCUT2D eigenvalue weighted by atomic mass is 35.5. The Hall–Kier alpha value is -3.14. The first kappa shape index (κ1) is 21.1. The predicted octanol–water partition coefficient (Wildman–Crippen LogP) is 5.06. The smallest absolute Gasteiger partial charge is 0.263 e. The number of hydrogen-bond donors (Lipinski definition) is 3. The van der Waals surface area contributed by atoms with E-state index in [1.54, 1.807) is 18.2 Å². The van der Waals surface area contributed by atoms with Crippen molar-refractivity contribution in [3.8, 4) is 0 Å². The van der Waals surface area contributed by atoms with Gasteiger partial charge < -0.3 is 4.98 Å². The van der Waals surface area contributed by atoms with Gasteiger partial charge in [0, 0.05) is 0 Å². The molecule has 0 radical (unpaired) electrons. The number of carbonyl (C=O) groups excluding carboxylic acids is 1. The maximum absolute atomic E-state index is 13.9. The minimum absolute atomic E-state index is 0.0662. The number of aromatic amines is 1. The Kier molecular flexibility index (Phi) is 5.57. The molecule has 0 saturated carbocycles. The minimum atomic E-state index is -4.32. The van der Waals surface area contributed by atoms with Gasteiger partial charge in [-0.1, -0.05) is 47.5 Å². The number of nitrogens with one attached hydrogen (secondary N) is 3. The summed E-state index contributed by atoms with van der Waals surface area (Å²) in [5.41, 5.74) is 0.928. The van der Waals surface area contributed by atoms with Crippen molar-refractivity contribution in [3.63, 3.8) is 0 Å². The first-order valence-electron chi connectivity index (χ1n) is 8.77. The van der Waals surface area contributed by atoms with Crippen LogP contribution in [0, 0.1) is 5.82 Å². The van der Waals surface area contributed by atoms with Crippen LogP contribution in [-0.2, 0) is 10.0 Å². The lowest BCUT2D eigenvalue weighted by Crippen LogP contribution is -2.18. The largest absolute Gasteiger partial charge is 0.324 e. The van der Waals surface area contributed by atoms with Crippen molar-refractivity contribution in [2.24, 2.45) is 0 Å². The van der Waals surface area contributed by atoms with Gasteiger partial charge in [0.2, 0.25) is 5.95 Å². The zero-order chi connectivity index (χ0) is 22.2. The van der Waals surface area contributed by atoms with Crippen LogP contribution in [0.1, 0.15) is 10.4 Å². The number of halogens is 3. The molecule has 0 aliphatic heterocycles. The maximum Gasteiger partial charge on any atom is 0.263 e. The van der Waals surface area contributed by atoms with Crippen LogP contribution in [-0.4, -0.2) is 24.3 Å². The summed E-state index contributed by atoms with van der Waals surface area (Å²) < 4.78 is 41.6. The monoisotopic (exact) mass is 478 g/mol. The number of rotatable bonds is 5. The zero-order valence-electron chi connectivity index (χ0n) is 15.5. The number of sulfonamides is 1. The van der Waals surface area contributed by atoms with Crippen molar-refractivity contribution >= 4 is 61.8 Å². The number of para-hydroxylation sites is 3. The van der Waals surface area contributed by atoms with Crippen molar-refractivity contribution in [2.75, 3.05) is 10.0 Å². The molecule has 0 saturated heterocycles. The minimum Gasteiger partial charge on any atom is -0.324 e. The molecule has 0 aliphatic rings. The molecule has 1 aromatic heterocycles. The van der Waals surface area contributed by atoms with Crippen molar-refractivity contribution in [3.05, 3.63) is 82.1 Å². The van der Waals surface area contributed by atoms with Crippen LogP contribution in [0.4, 0.5) is 16.0 Å². The Balaban J connectivity index is 1.67. The molecule has 1 heterocycles. The Morgan fingerprint density at radius 2 is 1.71 bits per heavy atom. The molecule has 0 unspecified atom stereocenters. The fourth-order valence-corrected chi connectivity index (χ4v) is 4.77. The normalized spacial score (nSPS) is 11.5. The first-order valence-corrected chi connectivity index (χ1v) is 11.0. The maximum atomic E-state index is 13.9. The van der Waals surface area contributed by atoms with Gasteiger partial charge in [-0.2, -0.15) is 0 Å². The van der Waals surface area contributed by atoms with E-state index in [1.807, 2.05) is 6.07 Å². The molecule has 31 heavy (non-hydrogen) atoms. The van der Waals surface area contributed by atoms with Crippen LogP contribution in [0.3, 0.4) is 0 Å². The summed E-state index contributed by atoms with van der Waals surface area (Å²) in [6.45, 7) is 0. The lowest BCUT2D eigenvalue weighted by Gasteiger charge is -2.12. The molecule has 0 bridgehead atoms. The summed E-state index contributed by atoms with van der Waals surface area (Å²) in [6, 6.07) is 14.5. The van der Waals surface area contributed by atoms with Gasteiger partial charge in [-0.05, 0) is 36.4 Å². The first-order chi connectivity index (χ1) is 14.7. The van der Waals surface area contributed by atoms with Crippen LogP contribution >= 0.6 is 23.2 Å². The van der Waals surface area contributed by atoms with Crippen LogP contribution in [0.25, 0.3) is 11.0 Å². The number of hydrogen-bond acceptors (Lipinski definition) is 4. The second-order valence-corrected chi connectivity index (χ2v) is 8.87. The van der Waals surface area contributed by atoms with Gasteiger partial charge in [0.25, 0.3) is 15.9 Å². The molecule has 0 atom stereocenters. The lowest BCUT2D eigenvalue weighted by molar-refractivity contribution is 0.102. The molecule has 1 amide bonds. The third-order valence-electron chi connectivity index (χ3n) is 4.30. The van der Waals surface area contributed by atoms with Crippen LogP contribution < -0.4 is 10.0 Å². The molecular weight excluding hydrogens is 466 g/mol. The number of amides is 1. The fraction of sp³-hybridized carbons (Fsp3) is 0. The highest BCUT2D eigenvalue weighted by Gasteiger charge is 2.24. The molecule has 0 spiro atoms. The third kappa shape index (κ3) is 4.34. The molecule has 0 fully saturated rings.